The first-order valence-electron chi connectivity index (χ1n) is 6.88. The summed E-state index contributed by atoms with van der Waals surface area (Å²) < 4.78 is 0.963. The molecule has 0 saturated heterocycles. The van der Waals surface area contributed by atoms with Crippen LogP contribution in [-0.4, -0.2) is 17.4 Å². The highest BCUT2D eigenvalue weighted by Gasteiger charge is 2.40. The van der Waals surface area contributed by atoms with Crippen LogP contribution < -0.4 is 10.6 Å². The molecule has 0 aromatic heterocycles. The van der Waals surface area contributed by atoms with Gasteiger partial charge in [0.25, 0.3) is 0 Å². The lowest BCUT2D eigenvalue weighted by Crippen LogP contribution is -2.57. The Hall–Kier alpha value is -1.36. The van der Waals surface area contributed by atoms with Crippen LogP contribution in [0.1, 0.15) is 39.0 Å². The van der Waals surface area contributed by atoms with Crippen molar-refractivity contribution >= 4 is 33.4 Å². The molecule has 1 aliphatic carbocycles. The van der Waals surface area contributed by atoms with E-state index in [4.69, 9.17) is 0 Å². The zero-order valence-electron chi connectivity index (χ0n) is 11.5. The van der Waals surface area contributed by atoms with Gasteiger partial charge in [-0.05, 0) is 37.1 Å². The normalized spacial score (nSPS) is 17.3. The Morgan fingerprint density at radius 3 is 2.25 bits per heavy atom. The van der Waals surface area contributed by atoms with Crippen molar-refractivity contribution < 1.29 is 9.59 Å². The molecule has 20 heavy (non-hydrogen) atoms. The SMILES string of the molecule is CC(=O)NC1(C(=O)Nc2ccc(Br)cc2)CCCCC1. The molecule has 1 aromatic carbocycles. The van der Waals surface area contributed by atoms with E-state index < -0.39 is 5.54 Å². The molecule has 1 aromatic rings. The van der Waals surface area contributed by atoms with Crippen molar-refractivity contribution in [3.05, 3.63) is 28.7 Å². The van der Waals surface area contributed by atoms with Crippen molar-refractivity contribution in [3.63, 3.8) is 0 Å². The molecule has 2 N–H and O–H groups in total. The van der Waals surface area contributed by atoms with Crippen LogP contribution >= 0.6 is 15.9 Å². The van der Waals surface area contributed by atoms with Gasteiger partial charge in [0, 0.05) is 17.1 Å². The van der Waals surface area contributed by atoms with Crippen LogP contribution in [0.2, 0.25) is 0 Å². The topological polar surface area (TPSA) is 58.2 Å². The summed E-state index contributed by atoms with van der Waals surface area (Å²) in [4.78, 5) is 24.0. The third-order valence-electron chi connectivity index (χ3n) is 3.66. The lowest BCUT2D eigenvalue weighted by molar-refractivity contribution is -0.130. The summed E-state index contributed by atoms with van der Waals surface area (Å²) in [6.45, 7) is 1.46. The molecular formula is C15H19BrN2O2. The predicted octanol–water partition coefficient (Wildman–Crippen LogP) is 3.23. The number of anilines is 1. The molecule has 0 atom stereocenters. The predicted molar refractivity (Wildman–Crippen MR) is 82.4 cm³/mol. The standard InChI is InChI=1S/C15H19BrN2O2/c1-11(19)18-15(9-3-2-4-10-15)14(20)17-13-7-5-12(16)6-8-13/h5-8H,2-4,9-10H2,1H3,(H,17,20)(H,18,19). The highest BCUT2D eigenvalue weighted by atomic mass is 79.9. The maximum Gasteiger partial charge on any atom is 0.250 e. The fourth-order valence-corrected chi connectivity index (χ4v) is 2.95. The molecular weight excluding hydrogens is 320 g/mol. The van der Waals surface area contributed by atoms with E-state index in [1.807, 2.05) is 24.3 Å². The zero-order valence-corrected chi connectivity index (χ0v) is 13.1. The second kappa shape index (κ2) is 6.39. The fraction of sp³-hybridized carbons (Fsp3) is 0.467. The third kappa shape index (κ3) is 3.60. The van der Waals surface area contributed by atoms with Crippen LogP contribution in [-0.2, 0) is 9.59 Å². The number of halogens is 1. The van der Waals surface area contributed by atoms with Gasteiger partial charge in [0.15, 0.2) is 0 Å². The van der Waals surface area contributed by atoms with Crippen LogP contribution in [0.3, 0.4) is 0 Å². The maximum atomic E-state index is 12.6. The summed E-state index contributed by atoms with van der Waals surface area (Å²) in [7, 11) is 0. The zero-order chi connectivity index (χ0) is 14.6. The van der Waals surface area contributed by atoms with Gasteiger partial charge >= 0.3 is 0 Å². The number of carbonyl (C=O) groups excluding carboxylic acids is 2. The molecule has 108 valence electrons. The van der Waals surface area contributed by atoms with Crippen LogP contribution in [0, 0.1) is 0 Å². The van der Waals surface area contributed by atoms with Gasteiger partial charge < -0.3 is 10.6 Å². The van der Waals surface area contributed by atoms with E-state index in [2.05, 4.69) is 26.6 Å². The van der Waals surface area contributed by atoms with Gasteiger partial charge in [-0.25, -0.2) is 0 Å². The second-order valence-electron chi connectivity index (χ2n) is 5.28. The molecule has 0 unspecified atom stereocenters. The average molecular weight is 339 g/mol. The first-order valence-corrected chi connectivity index (χ1v) is 7.67. The lowest BCUT2D eigenvalue weighted by Gasteiger charge is -2.36. The van der Waals surface area contributed by atoms with E-state index in [1.165, 1.54) is 6.92 Å². The molecule has 2 amide bonds. The number of benzene rings is 1. The molecule has 1 saturated carbocycles. The molecule has 4 nitrogen and oxygen atoms in total. The van der Waals surface area contributed by atoms with Crippen molar-refractivity contribution in [3.8, 4) is 0 Å². The van der Waals surface area contributed by atoms with Gasteiger partial charge in [-0.3, -0.25) is 9.59 Å². The summed E-state index contributed by atoms with van der Waals surface area (Å²) in [5.74, 6) is -0.271. The molecule has 1 aliphatic rings. The van der Waals surface area contributed by atoms with E-state index in [-0.39, 0.29) is 11.8 Å². The summed E-state index contributed by atoms with van der Waals surface area (Å²) >= 11 is 3.36. The van der Waals surface area contributed by atoms with Gasteiger partial charge in [-0.2, -0.15) is 0 Å². The Kier molecular flexibility index (Phi) is 4.81. The van der Waals surface area contributed by atoms with Crippen LogP contribution in [0.25, 0.3) is 0 Å². The lowest BCUT2D eigenvalue weighted by atomic mass is 9.80. The summed E-state index contributed by atoms with van der Waals surface area (Å²) in [5, 5.41) is 5.78. The largest absolute Gasteiger partial charge is 0.342 e. The summed E-state index contributed by atoms with van der Waals surface area (Å²) in [6, 6.07) is 7.43. The van der Waals surface area contributed by atoms with Gasteiger partial charge in [0.2, 0.25) is 11.8 Å². The number of rotatable bonds is 3. The third-order valence-corrected chi connectivity index (χ3v) is 4.19. The molecule has 5 heteroatoms. The number of hydrogen-bond acceptors (Lipinski definition) is 2. The van der Waals surface area contributed by atoms with E-state index in [0.717, 1.165) is 29.4 Å². The molecule has 0 bridgehead atoms. The molecule has 0 spiro atoms. The molecule has 2 rings (SSSR count). The van der Waals surface area contributed by atoms with Crippen molar-refractivity contribution in [2.45, 2.75) is 44.6 Å². The Balaban J connectivity index is 2.13. The smallest absolute Gasteiger partial charge is 0.250 e. The Bertz CT molecular complexity index is 493. The van der Waals surface area contributed by atoms with E-state index in [1.54, 1.807) is 0 Å². The maximum absolute atomic E-state index is 12.6. The van der Waals surface area contributed by atoms with Crippen molar-refractivity contribution in [2.75, 3.05) is 5.32 Å². The van der Waals surface area contributed by atoms with Gasteiger partial charge in [-0.1, -0.05) is 35.2 Å². The second-order valence-corrected chi connectivity index (χ2v) is 6.20. The minimum absolute atomic E-state index is 0.116. The average Bonchev–Trinajstić information content (AvgIpc) is 2.41. The molecule has 0 aliphatic heterocycles. The number of hydrogen-bond donors (Lipinski definition) is 2. The van der Waals surface area contributed by atoms with E-state index in [9.17, 15) is 9.59 Å². The minimum atomic E-state index is -0.753. The highest BCUT2D eigenvalue weighted by molar-refractivity contribution is 9.10. The number of carbonyl (C=O) groups is 2. The van der Waals surface area contributed by atoms with Gasteiger partial charge in [-0.15, -0.1) is 0 Å². The Labute approximate surface area is 127 Å². The quantitative estimate of drug-likeness (QED) is 0.888. The first kappa shape index (κ1) is 15.0. The summed E-state index contributed by atoms with van der Waals surface area (Å²) in [6.07, 6.45) is 4.46. The Morgan fingerprint density at radius 2 is 1.70 bits per heavy atom. The first-order chi connectivity index (χ1) is 9.52. The molecule has 0 radical (unpaired) electrons. The van der Waals surface area contributed by atoms with E-state index >= 15 is 0 Å². The number of nitrogens with one attached hydrogen (secondary N) is 2. The fourth-order valence-electron chi connectivity index (χ4n) is 2.69. The minimum Gasteiger partial charge on any atom is -0.342 e. The molecule has 1 fully saturated rings. The van der Waals surface area contributed by atoms with Gasteiger partial charge in [0.1, 0.15) is 5.54 Å². The van der Waals surface area contributed by atoms with Gasteiger partial charge in [0.05, 0.1) is 0 Å². The van der Waals surface area contributed by atoms with Crippen molar-refractivity contribution in [2.24, 2.45) is 0 Å². The van der Waals surface area contributed by atoms with Crippen molar-refractivity contribution in [1.82, 2.24) is 5.32 Å². The monoisotopic (exact) mass is 338 g/mol. The highest BCUT2D eigenvalue weighted by Crippen LogP contribution is 2.29. The van der Waals surface area contributed by atoms with Crippen LogP contribution in [0.15, 0.2) is 28.7 Å². The molecule has 0 heterocycles. The van der Waals surface area contributed by atoms with Crippen molar-refractivity contribution in [1.29, 1.82) is 0 Å². The summed E-state index contributed by atoms with van der Waals surface area (Å²) in [5.41, 5.74) is -0.00884. The Morgan fingerprint density at radius 1 is 1.10 bits per heavy atom. The van der Waals surface area contributed by atoms with Crippen LogP contribution in [0.4, 0.5) is 5.69 Å². The van der Waals surface area contributed by atoms with E-state index in [0.29, 0.717) is 12.8 Å². The van der Waals surface area contributed by atoms with Crippen LogP contribution in [0.5, 0.6) is 0 Å². The number of amides is 2.